The lowest BCUT2D eigenvalue weighted by atomic mass is 10.4. The van der Waals surface area contributed by atoms with Crippen molar-refractivity contribution in [3.8, 4) is 0 Å². The third-order valence-corrected chi connectivity index (χ3v) is 2.07. The minimum Gasteiger partial charge on any atom is -0.351 e. The van der Waals surface area contributed by atoms with Gasteiger partial charge in [0.15, 0.2) is 0 Å². The summed E-state index contributed by atoms with van der Waals surface area (Å²) in [5, 5.41) is 2.70. The maximum atomic E-state index is 10.7. The van der Waals surface area contributed by atoms with Gasteiger partial charge in [-0.15, -0.1) is 0 Å². The molecule has 1 rings (SSSR count). The molecular formula is C9H15N2O. The van der Waals surface area contributed by atoms with Crippen LogP contribution in [-0.2, 0) is 4.79 Å². The monoisotopic (exact) mass is 167 g/mol. The van der Waals surface area contributed by atoms with Crippen molar-refractivity contribution in [3.05, 3.63) is 12.7 Å². The lowest BCUT2D eigenvalue weighted by molar-refractivity contribution is -0.117. The summed E-state index contributed by atoms with van der Waals surface area (Å²) in [6.07, 6.45) is 4.86. The molecule has 1 N–H and O–H groups in total. The zero-order chi connectivity index (χ0) is 8.81. The second-order valence-corrected chi connectivity index (χ2v) is 2.98. The number of nitrogens with zero attached hydrogens (tertiary/aromatic N) is 1. The van der Waals surface area contributed by atoms with E-state index in [1.165, 1.54) is 25.9 Å². The molecule has 0 aliphatic carbocycles. The molecule has 1 aliphatic rings. The van der Waals surface area contributed by atoms with Crippen LogP contribution in [0.2, 0.25) is 0 Å². The number of rotatable bonds is 4. The second kappa shape index (κ2) is 4.93. The molecule has 3 nitrogen and oxygen atoms in total. The molecule has 0 unspecified atom stereocenters. The van der Waals surface area contributed by atoms with Crippen molar-refractivity contribution < 1.29 is 4.79 Å². The lowest BCUT2D eigenvalue weighted by Gasteiger charge is -2.13. The van der Waals surface area contributed by atoms with Crippen molar-refractivity contribution in [3.63, 3.8) is 0 Å². The van der Waals surface area contributed by atoms with Crippen LogP contribution in [-0.4, -0.2) is 37.0 Å². The lowest BCUT2D eigenvalue weighted by Crippen LogP contribution is -2.32. The first-order valence-corrected chi connectivity index (χ1v) is 4.36. The number of likely N-dealkylation sites (tertiary alicyclic amines) is 1. The normalized spacial score (nSPS) is 17.7. The zero-order valence-corrected chi connectivity index (χ0v) is 7.31. The van der Waals surface area contributed by atoms with Gasteiger partial charge in [0, 0.05) is 19.2 Å². The summed E-state index contributed by atoms with van der Waals surface area (Å²) >= 11 is 0. The highest BCUT2D eigenvalue weighted by Gasteiger charge is 2.10. The van der Waals surface area contributed by atoms with Crippen molar-refractivity contribution >= 4 is 5.91 Å². The largest absolute Gasteiger partial charge is 0.351 e. The molecule has 0 aromatic heterocycles. The van der Waals surface area contributed by atoms with Gasteiger partial charge in [-0.25, -0.2) is 0 Å². The van der Waals surface area contributed by atoms with E-state index in [0.717, 1.165) is 6.54 Å². The average molecular weight is 167 g/mol. The fraction of sp³-hybridized carbons (Fsp3) is 0.667. The number of hydrogen-bond donors (Lipinski definition) is 1. The minimum absolute atomic E-state index is 0.200. The third kappa shape index (κ3) is 3.05. The molecule has 1 aliphatic heterocycles. The fourth-order valence-electron chi connectivity index (χ4n) is 1.40. The van der Waals surface area contributed by atoms with Crippen LogP contribution in [0.4, 0.5) is 0 Å². The first-order valence-electron chi connectivity index (χ1n) is 4.36. The number of nitrogens with one attached hydrogen (secondary N) is 1. The van der Waals surface area contributed by atoms with Gasteiger partial charge in [0.05, 0.1) is 0 Å². The van der Waals surface area contributed by atoms with Gasteiger partial charge in [0.2, 0.25) is 0 Å². The maximum absolute atomic E-state index is 10.7. The minimum atomic E-state index is -0.200. The van der Waals surface area contributed by atoms with Crippen LogP contribution < -0.4 is 5.32 Å². The molecule has 0 aromatic carbocycles. The topological polar surface area (TPSA) is 32.3 Å². The van der Waals surface area contributed by atoms with Gasteiger partial charge in [-0.2, -0.15) is 0 Å². The number of amides is 1. The van der Waals surface area contributed by atoms with E-state index in [9.17, 15) is 4.79 Å². The Kier molecular flexibility index (Phi) is 3.80. The SMILES string of the molecule is C=[C]C(=O)NCCN1CCCC1. The Morgan fingerprint density at radius 2 is 2.17 bits per heavy atom. The molecule has 0 atom stereocenters. The van der Waals surface area contributed by atoms with Crippen molar-refractivity contribution in [2.24, 2.45) is 0 Å². The van der Waals surface area contributed by atoms with Crippen LogP contribution >= 0.6 is 0 Å². The van der Waals surface area contributed by atoms with Crippen LogP contribution in [0.1, 0.15) is 12.8 Å². The van der Waals surface area contributed by atoms with Crippen molar-refractivity contribution in [2.45, 2.75) is 12.8 Å². The molecule has 67 valence electrons. The smallest absolute Gasteiger partial charge is 0.251 e. The second-order valence-electron chi connectivity index (χ2n) is 2.98. The Bertz CT molecular complexity index is 162. The Labute approximate surface area is 73.4 Å². The predicted molar refractivity (Wildman–Crippen MR) is 47.6 cm³/mol. The average Bonchev–Trinajstić information content (AvgIpc) is 2.57. The van der Waals surface area contributed by atoms with E-state index in [2.05, 4.69) is 22.9 Å². The third-order valence-electron chi connectivity index (χ3n) is 2.07. The summed E-state index contributed by atoms with van der Waals surface area (Å²) < 4.78 is 0. The van der Waals surface area contributed by atoms with Gasteiger partial charge in [0.1, 0.15) is 0 Å². The van der Waals surface area contributed by atoms with Gasteiger partial charge in [-0.3, -0.25) is 4.79 Å². The Morgan fingerprint density at radius 3 is 2.75 bits per heavy atom. The van der Waals surface area contributed by atoms with E-state index in [-0.39, 0.29) is 5.91 Å². The molecule has 0 aromatic rings. The number of carbonyl (C=O) groups excluding carboxylic acids is 1. The quantitative estimate of drug-likeness (QED) is 0.606. The molecule has 1 saturated heterocycles. The summed E-state index contributed by atoms with van der Waals surface area (Å²) in [5.41, 5.74) is 0. The van der Waals surface area contributed by atoms with E-state index < -0.39 is 0 Å². The van der Waals surface area contributed by atoms with E-state index in [1.807, 2.05) is 0 Å². The molecule has 0 saturated carbocycles. The van der Waals surface area contributed by atoms with Crippen LogP contribution in [0.15, 0.2) is 6.58 Å². The van der Waals surface area contributed by atoms with Gasteiger partial charge in [-0.05, 0) is 25.9 Å². The number of hydrogen-bond acceptors (Lipinski definition) is 2. The molecule has 3 heteroatoms. The zero-order valence-electron chi connectivity index (χ0n) is 7.31. The highest BCUT2D eigenvalue weighted by molar-refractivity contribution is 5.82. The standard InChI is InChI=1S/C9H15N2O/c1-2-9(12)10-5-8-11-6-3-4-7-11/h1,3-8H2,(H,10,12). The summed E-state index contributed by atoms with van der Waals surface area (Å²) in [6.45, 7) is 7.27. The van der Waals surface area contributed by atoms with Crippen LogP contribution in [0.25, 0.3) is 0 Å². The summed E-state index contributed by atoms with van der Waals surface area (Å²) in [4.78, 5) is 13.0. The van der Waals surface area contributed by atoms with Crippen molar-refractivity contribution in [2.75, 3.05) is 26.2 Å². The molecule has 1 radical (unpaired) electrons. The Hall–Kier alpha value is -0.830. The van der Waals surface area contributed by atoms with E-state index >= 15 is 0 Å². The first-order chi connectivity index (χ1) is 5.83. The highest BCUT2D eigenvalue weighted by Crippen LogP contribution is 2.05. The van der Waals surface area contributed by atoms with Crippen LogP contribution in [0.5, 0.6) is 0 Å². The van der Waals surface area contributed by atoms with E-state index in [0.29, 0.717) is 6.54 Å². The molecular weight excluding hydrogens is 152 g/mol. The van der Waals surface area contributed by atoms with Gasteiger partial charge < -0.3 is 10.2 Å². The molecule has 12 heavy (non-hydrogen) atoms. The molecule has 0 spiro atoms. The fourth-order valence-corrected chi connectivity index (χ4v) is 1.40. The van der Waals surface area contributed by atoms with Gasteiger partial charge >= 0.3 is 0 Å². The highest BCUT2D eigenvalue weighted by atomic mass is 16.1. The van der Waals surface area contributed by atoms with Crippen molar-refractivity contribution in [1.29, 1.82) is 0 Å². The molecule has 1 fully saturated rings. The Morgan fingerprint density at radius 1 is 1.50 bits per heavy atom. The molecule has 1 amide bonds. The maximum Gasteiger partial charge on any atom is 0.251 e. The predicted octanol–water partition coefficient (Wildman–Crippen LogP) is 0.188. The number of carbonyl (C=O) groups is 1. The van der Waals surface area contributed by atoms with Crippen LogP contribution in [0.3, 0.4) is 0 Å². The summed E-state index contributed by atoms with van der Waals surface area (Å²) in [6, 6.07) is 0. The Balaban J connectivity index is 2.01. The van der Waals surface area contributed by atoms with Crippen molar-refractivity contribution in [1.82, 2.24) is 10.2 Å². The first kappa shape index (κ1) is 9.26. The van der Waals surface area contributed by atoms with E-state index in [4.69, 9.17) is 0 Å². The van der Waals surface area contributed by atoms with Gasteiger partial charge in [0.25, 0.3) is 5.91 Å². The van der Waals surface area contributed by atoms with Gasteiger partial charge in [-0.1, -0.05) is 6.58 Å². The summed E-state index contributed by atoms with van der Waals surface area (Å²) in [7, 11) is 0. The van der Waals surface area contributed by atoms with E-state index in [1.54, 1.807) is 0 Å². The molecule has 1 heterocycles. The summed E-state index contributed by atoms with van der Waals surface area (Å²) in [5.74, 6) is -0.200. The van der Waals surface area contributed by atoms with Crippen LogP contribution in [0, 0.1) is 6.08 Å². The molecule has 0 bridgehead atoms.